The average molecular weight is 238 g/mol. The van der Waals surface area contributed by atoms with Crippen molar-refractivity contribution in [3.05, 3.63) is 34.3 Å². The van der Waals surface area contributed by atoms with Crippen LogP contribution in [0.25, 0.3) is 0 Å². The Kier molecular flexibility index (Phi) is 2.72. The first-order chi connectivity index (χ1) is 7.50. The van der Waals surface area contributed by atoms with Crippen molar-refractivity contribution in [2.75, 3.05) is 14.1 Å². The minimum atomic E-state index is -0.338. The van der Waals surface area contributed by atoms with Crippen molar-refractivity contribution in [2.45, 2.75) is 12.3 Å². The summed E-state index contributed by atoms with van der Waals surface area (Å²) in [6, 6.07) is 5.13. The topological polar surface area (TPSA) is 37.4 Å². The van der Waals surface area contributed by atoms with Crippen LogP contribution in [0.4, 0.5) is 0 Å². The van der Waals surface area contributed by atoms with Gasteiger partial charge < -0.3 is 4.90 Å². The van der Waals surface area contributed by atoms with E-state index in [1.807, 2.05) is 0 Å². The molecule has 0 heterocycles. The molecule has 0 saturated heterocycles. The molecule has 1 aliphatic carbocycles. The fourth-order valence-electron chi connectivity index (χ4n) is 2.01. The first-order valence-electron chi connectivity index (χ1n) is 5.04. The van der Waals surface area contributed by atoms with E-state index < -0.39 is 0 Å². The van der Waals surface area contributed by atoms with Gasteiger partial charge in [0.15, 0.2) is 5.78 Å². The molecule has 0 aliphatic heterocycles. The van der Waals surface area contributed by atoms with Crippen molar-refractivity contribution < 1.29 is 9.59 Å². The number of Topliss-reactive ketones (excluding diaryl/α,β-unsaturated/α-hetero) is 1. The highest BCUT2D eigenvalue weighted by molar-refractivity contribution is 6.31. The number of fused-ring (bicyclic) bond motifs is 1. The molecular weight excluding hydrogens is 226 g/mol. The third kappa shape index (κ3) is 1.71. The normalized spacial score (nSPS) is 18.4. The predicted octanol–water partition coefficient (Wildman–Crippen LogP) is 2.10. The summed E-state index contributed by atoms with van der Waals surface area (Å²) >= 11 is 5.83. The van der Waals surface area contributed by atoms with Gasteiger partial charge in [-0.2, -0.15) is 0 Å². The molecule has 0 aromatic heterocycles. The Morgan fingerprint density at radius 1 is 1.44 bits per heavy atom. The van der Waals surface area contributed by atoms with Crippen LogP contribution in [0.1, 0.15) is 28.3 Å². The van der Waals surface area contributed by atoms with Gasteiger partial charge in [-0.25, -0.2) is 0 Å². The van der Waals surface area contributed by atoms with Gasteiger partial charge in [0.05, 0.1) is 5.92 Å². The second-order valence-corrected chi connectivity index (χ2v) is 4.58. The standard InChI is InChI=1S/C12H12ClNO2/c1-14(2)12(16)10-6-11(15)9-5-7(13)3-4-8(9)10/h3-5,10H,6H2,1-2H3. The minimum Gasteiger partial charge on any atom is -0.348 e. The van der Waals surface area contributed by atoms with E-state index in [2.05, 4.69) is 0 Å². The van der Waals surface area contributed by atoms with Crippen LogP contribution in [0.15, 0.2) is 18.2 Å². The Bertz CT molecular complexity index is 468. The average Bonchev–Trinajstić information content (AvgIpc) is 2.55. The maximum atomic E-state index is 11.9. The monoisotopic (exact) mass is 237 g/mol. The number of carbonyl (C=O) groups excluding carboxylic acids is 2. The lowest BCUT2D eigenvalue weighted by Gasteiger charge is -2.16. The van der Waals surface area contributed by atoms with Crippen molar-refractivity contribution in [1.29, 1.82) is 0 Å². The zero-order valence-electron chi connectivity index (χ0n) is 9.16. The number of nitrogens with zero attached hydrogens (tertiary/aromatic N) is 1. The van der Waals surface area contributed by atoms with Crippen LogP contribution < -0.4 is 0 Å². The van der Waals surface area contributed by atoms with Gasteiger partial charge in [0.1, 0.15) is 0 Å². The molecule has 1 atom stereocenters. The van der Waals surface area contributed by atoms with Crippen LogP contribution in [0.2, 0.25) is 5.02 Å². The molecule has 0 bridgehead atoms. The van der Waals surface area contributed by atoms with Crippen molar-refractivity contribution in [3.8, 4) is 0 Å². The Balaban J connectivity index is 2.44. The zero-order valence-corrected chi connectivity index (χ0v) is 9.91. The molecule has 1 unspecified atom stereocenters. The van der Waals surface area contributed by atoms with Gasteiger partial charge in [-0.3, -0.25) is 9.59 Å². The van der Waals surface area contributed by atoms with Gasteiger partial charge in [-0.15, -0.1) is 0 Å². The predicted molar refractivity (Wildman–Crippen MR) is 61.8 cm³/mol. The fourth-order valence-corrected chi connectivity index (χ4v) is 2.18. The van der Waals surface area contributed by atoms with Gasteiger partial charge in [0.25, 0.3) is 0 Å². The van der Waals surface area contributed by atoms with E-state index in [1.54, 1.807) is 32.3 Å². The molecule has 0 radical (unpaired) electrons. The van der Waals surface area contributed by atoms with E-state index in [0.717, 1.165) is 5.56 Å². The van der Waals surface area contributed by atoms with Crippen LogP contribution in [-0.2, 0) is 4.79 Å². The summed E-state index contributed by atoms with van der Waals surface area (Å²) in [5.41, 5.74) is 1.39. The molecule has 1 amide bonds. The van der Waals surface area contributed by atoms with Crippen LogP contribution in [0, 0.1) is 0 Å². The minimum absolute atomic E-state index is 0.00213. The molecule has 1 aromatic carbocycles. The number of hydrogen-bond donors (Lipinski definition) is 0. The highest BCUT2D eigenvalue weighted by Crippen LogP contribution is 2.35. The molecule has 16 heavy (non-hydrogen) atoms. The van der Waals surface area contributed by atoms with Crippen LogP contribution in [-0.4, -0.2) is 30.7 Å². The molecule has 3 nitrogen and oxygen atoms in total. The number of carbonyl (C=O) groups is 2. The first kappa shape index (κ1) is 11.1. The maximum absolute atomic E-state index is 11.9. The molecule has 0 N–H and O–H groups in total. The number of rotatable bonds is 1. The molecule has 1 aliphatic rings. The number of amides is 1. The lowest BCUT2D eigenvalue weighted by Crippen LogP contribution is -2.27. The summed E-state index contributed by atoms with van der Waals surface area (Å²) in [5, 5.41) is 0.532. The molecule has 0 spiro atoms. The summed E-state index contributed by atoms with van der Waals surface area (Å²) in [4.78, 5) is 25.1. The SMILES string of the molecule is CN(C)C(=O)C1CC(=O)c2cc(Cl)ccc21. The highest BCUT2D eigenvalue weighted by Gasteiger charge is 2.34. The maximum Gasteiger partial charge on any atom is 0.230 e. The Morgan fingerprint density at radius 3 is 2.75 bits per heavy atom. The van der Waals surface area contributed by atoms with Gasteiger partial charge >= 0.3 is 0 Å². The summed E-state index contributed by atoms with van der Waals surface area (Å²) in [6.45, 7) is 0. The van der Waals surface area contributed by atoms with Crippen LogP contribution >= 0.6 is 11.6 Å². The van der Waals surface area contributed by atoms with E-state index in [1.165, 1.54) is 4.90 Å². The number of halogens is 1. The molecule has 0 saturated carbocycles. The van der Waals surface area contributed by atoms with Crippen molar-refractivity contribution in [3.63, 3.8) is 0 Å². The smallest absolute Gasteiger partial charge is 0.230 e. The number of hydrogen-bond acceptors (Lipinski definition) is 2. The van der Waals surface area contributed by atoms with Crippen LogP contribution in [0.3, 0.4) is 0 Å². The van der Waals surface area contributed by atoms with E-state index in [9.17, 15) is 9.59 Å². The fraction of sp³-hybridized carbons (Fsp3) is 0.333. The Hall–Kier alpha value is -1.35. The second-order valence-electron chi connectivity index (χ2n) is 4.14. The first-order valence-corrected chi connectivity index (χ1v) is 5.42. The highest BCUT2D eigenvalue weighted by atomic mass is 35.5. The van der Waals surface area contributed by atoms with E-state index in [4.69, 9.17) is 11.6 Å². The number of benzene rings is 1. The van der Waals surface area contributed by atoms with E-state index in [-0.39, 0.29) is 24.0 Å². The lowest BCUT2D eigenvalue weighted by molar-refractivity contribution is -0.130. The molecule has 84 valence electrons. The molecule has 4 heteroatoms. The van der Waals surface area contributed by atoms with Gasteiger partial charge in [-0.05, 0) is 17.7 Å². The molecular formula is C12H12ClNO2. The van der Waals surface area contributed by atoms with Gasteiger partial charge in [-0.1, -0.05) is 17.7 Å². The van der Waals surface area contributed by atoms with E-state index >= 15 is 0 Å². The van der Waals surface area contributed by atoms with Gasteiger partial charge in [0.2, 0.25) is 5.91 Å². The van der Waals surface area contributed by atoms with Gasteiger partial charge in [0, 0.05) is 31.1 Å². The molecule has 1 aromatic rings. The lowest BCUT2D eigenvalue weighted by atomic mass is 10.0. The molecule has 2 rings (SSSR count). The summed E-state index contributed by atoms with van der Waals surface area (Å²) in [7, 11) is 3.39. The Labute approximate surface area is 99.0 Å². The second kappa shape index (κ2) is 3.91. The van der Waals surface area contributed by atoms with Crippen molar-refractivity contribution in [1.82, 2.24) is 4.90 Å². The number of ketones is 1. The third-order valence-electron chi connectivity index (χ3n) is 2.82. The van der Waals surface area contributed by atoms with Crippen molar-refractivity contribution in [2.24, 2.45) is 0 Å². The largest absolute Gasteiger partial charge is 0.348 e. The van der Waals surface area contributed by atoms with Crippen molar-refractivity contribution >= 4 is 23.3 Å². The molecule has 0 fully saturated rings. The zero-order chi connectivity index (χ0) is 11.9. The van der Waals surface area contributed by atoms with E-state index in [0.29, 0.717) is 10.6 Å². The third-order valence-corrected chi connectivity index (χ3v) is 3.05. The summed E-state index contributed by atoms with van der Waals surface area (Å²) in [5.74, 6) is -0.373. The number of likely N-dealkylation sites (N-methyl/N-ethyl adjacent to an activating group) is 1. The quantitative estimate of drug-likeness (QED) is 0.750. The Morgan fingerprint density at radius 2 is 2.12 bits per heavy atom. The van der Waals surface area contributed by atoms with Crippen LogP contribution in [0.5, 0.6) is 0 Å². The summed E-state index contributed by atoms with van der Waals surface area (Å²) in [6.07, 6.45) is 0.257. The summed E-state index contributed by atoms with van der Waals surface area (Å²) < 4.78 is 0.